The minimum Gasteiger partial charge on any atom is -0.375 e. The lowest BCUT2D eigenvalue weighted by Crippen LogP contribution is -2.53. The summed E-state index contributed by atoms with van der Waals surface area (Å²) < 4.78 is 11.8. The Labute approximate surface area is 179 Å². The van der Waals surface area contributed by atoms with Gasteiger partial charge in [0.05, 0.1) is 12.7 Å². The standard InChI is InChI=1S/C23H34N4O3/c1-24-23(27-13-15-30-21(17-27)20-6-5-14-29-20)25-16-18-7-9-19(10-8-18)22(28)26-11-3-2-4-12-26/h7-10,20-21H,2-6,11-17H2,1H3,(H,24,25). The maximum atomic E-state index is 12.6. The van der Waals surface area contributed by atoms with E-state index in [0.29, 0.717) is 13.2 Å². The number of aliphatic imine (C=N–C) groups is 1. The number of nitrogens with one attached hydrogen (secondary N) is 1. The molecule has 4 rings (SSSR count). The van der Waals surface area contributed by atoms with Gasteiger partial charge in [-0.25, -0.2) is 0 Å². The third-order valence-corrected chi connectivity index (χ3v) is 6.28. The van der Waals surface area contributed by atoms with E-state index in [2.05, 4.69) is 15.2 Å². The average Bonchev–Trinajstić information content (AvgIpc) is 3.35. The Bertz CT molecular complexity index is 724. The summed E-state index contributed by atoms with van der Waals surface area (Å²) in [6.45, 7) is 5.59. The van der Waals surface area contributed by atoms with Crippen LogP contribution in [0, 0.1) is 0 Å². The lowest BCUT2D eigenvalue weighted by molar-refractivity contribution is -0.0817. The zero-order chi connectivity index (χ0) is 20.8. The van der Waals surface area contributed by atoms with Crippen LogP contribution in [0.4, 0.5) is 0 Å². The molecule has 3 heterocycles. The Morgan fingerprint density at radius 2 is 1.77 bits per heavy atom. The molecule has 3 aliphatic rings. The number of rotatable bonds is 4. The van der Waals surface area contributed by atoms with Crippen LogP contribution in [-0.4, -0.2) is 80.3 Å². The highest BCUT2D eigenvalue weighted by Crippen LogP contribution is 2.21. The first-order chi connectivity index (χ1) is 14.7. The largest absolute Gasteiger partial charge is 0.375 e. The topological polar surface area (TPSA) is 66.4 Å². The molecule has 30 heavy (non-hydrogen) atoms. The van der Waals surface area contributed by atoms with Gasteiger partial charge in [-0.15, -0.1) is 0 Å². The van der Waals surface area contributed by atoms with Gasteiger partial charge < -0.3 is 24.6 Å². The molecule has 0 radical (unpaired) electrons. The van der Waals surface area contributed by atoms with Gasteiger partial charge in [0.15, 0.2) is 5.96 Å². The first-order valence-corrected chi connectivity index (χ1v) is 11.3. The van der Waals surface area contributed by atoms with E-state index >= 15 is 0 Å². The number of morpholine rings is 1. The van der Waals surface area contributed by atoms with Crippen molar-refractivity contribution < 1.29 is 14.3 Å². The average molecular weight is 415 g/mol. The Hall–Kier alpha value is -2.12. The number of ether oxygens (including phenoxy) is 2. The normalized spacial score (nSPS) is 25.4. The zero-order valence-corrected chi connectivity index (χ0v) is 18.0. The molecule has 3 fully saturated rings. The Kier molecular flexibility index (Phi) is 7.23. The molecule has 3 aliphatic heterocycles. The van der Waals surface area contributed by atoms with Crippen LogP contribution in [0.2, 0.25) is 0 Å². The summed E-state index contributed by atoms with van der Waals surface area (Å²) >= 11 is 0. The molecular formula is C23H34N4O3. The number of benzene rings is 1. The fourth-order valence-corrected chi connectivity index (χ4v) is 4.55. The van der Waals surface area contributed by atoms with Crippen LogP contribution in [0.3, 0.4) is 0 Å². The number of likely N-dealkylation sites (tertiary alicyclic amines) is 1. The van der Waals surface area contributed by atoms with E-state index in [4.69, 9.17) is 9.47 Å². The number of nitrogens with zero attached hydrogens (tertiary/aromatic N) is 3. The van der Waals surface area contributed by atoms with Crippen molar-refractivity contribution in [2.45, 2.75) is 50.9 Å². The smallest absolute Gasteiger partial charge is 0.253 e. The van der Waals surface area contributed by atoms with Crippen LogP contribution in [0.5, 0.6) is 0 Å². The van der Waals surface area contributed by atoms with Crippen LogP contribution in [0.25, 0.3) is 0 Å². The molecule has 2 atom stereocenters. The molecule has 7 heteroatoms. The molecule has 1 aromatic rings. The molecule has 0 aromatic heterocycles. The van der Waals surface area contributed by atoms with Crippen LogP contribution >= 0.6 is 0 Å². The number of guanidine groups is 1. The third kappa shape index (κ3) is 5.13. The van der Waals surface area contributed by atoms with E-state index in [-0.39, 0.29) is 18.1 Å². The predicted molar refractivity (Wildman–Crippen MR) is 117 cm³/mol. The summed E-state index contributed by atoms with van der Waals surface area (Å²) in [5.74, 6) is 1.04. The first-order valence-electron chi connectivity index (χ1n) is 11.3. The second-order valence-electron chi connectivity index (χ2n) is 8.36. The summed E-state index contributed by atoms with van der Waals surface area (Å²) in [5.41, 5.74) is 1.91. The number of hydrogen-bond donors (Lipinski definition) is 1. The highest BCUT2D eigenvalue weighted by atomic mass is 16.5. The van der Waals surface area contributed by atoms with Crippen LogP contribution in [0.15, 0.2) is 29.3 Å². The van der Waals surface area contributed by atoms with Gasteiger partial charge in [-0.05, 0) is 49.8 Å². The summed E-state index contributed by atoms with van der Waals surface area (Å²) in [6, 6.07) is 7.95. The van der Waals surface area contributed by atoms with Gasteiger partial charge in [0.25, 0.3) is 5.91 Å². The van der Waals surface area contributed by atoms with Crippen molar-refractivity contribution >= 4 is 11.9 Å². The van der Waals surface area contributed by atoms with Crippen molar-refractivity contribution in [2.24, 2.45) is 4.99 Å². The van der Waals surface area contributed by atoms with Gasteiger partial charge >= 0.3 is 0 Å². The molecular weight excluding hydrogens is 380 g/mol. The number of hydrogen-bond acceptors (Lipinski definition) is 4. The molecule has 2 unspecified atom stereocenters. The molecule has 0 bridgehead atoms. The van der Waals surface area contributed by atoms with Gasteiger partial charge in [0, 0.05) is 51.9 Å². The second kappa shape index (κ2) is 10.3. The number of carbonyl (C=O) groups excluding carboxylic acids is 1. The van der Waals surface area contributed by atoms with Crippen LogP contribution < -0.4 is 5.32 Å². The van der Waals surface area contributed by atoms with E-state index < -0.39 is 0 Å². The summed E-state index contributed by atoms with van der Waals surface area (Å²) in [5, 5.41) is 3.46. The molecule has 1 N–H and O–H groups in total. The number of carbonyl (C=O) groups is 1. The Balaban J connectivity index is 1.30. The van der Waals surface area contributed by atoms with Crippen molar-refractivity contribution in [3.05, 3.63) is 35.4 Å². The van der Waals surface area contributed by atoms with E-state index in [0.717, 1.165) is 75.6 Å². The van der Waals surface area contributed by atoms with Gasteiger partial charge in [-0.3, -0.25) is 9.79 Å². The Morgan fingerprint density at radius 1 is 1.00 bits per heavy atom. The molecule has 1 amide bonds. The van der Waals surface area contributed by atoms with Crippen molar-refractivity contribution in [1.29, 1.82) is 0 Å². The van der Waals surface area contributed by atoms with Gasteiger partial charge in [-0.2, -0.15) is 0 Å². The monoisotopic (exact) mass is 414 g/mol. The van der Waals surface area contributed by atoms with Crippen molar-refractivity contribution in [3.8, 4) is 0 Å². The lowest BCUT2D eigenvalue weighted by atomic mass is 10.1. The number of amides is 1. The lowest BCUT2D eigenvalue weighted by Gasteiger charge is -2.37. The summed E-state index contributed by atoms with van der Waals surface area (Å²) in [7, 11) is 1.82. The fraction of sp³-hybridized carbons (Fsp3) is 0.652. The molecule has 0 saturated carbocycles. The number of piperidine rings is 1. The van der Waals surface area contributed by atoms with E-state index in [9.17, 15) is 4.79 Å². The Morgan fingerprint density at radius 3 is 2.47 bits per heavy atom. The summed E-state index contributed by atoms with van der Waals surface area (Å²) in [6.07, 6.45) is 5.97. The molecule has 7 nitrogen and oxygen atoms in total. The minimum absolute atomic E-state index is 0.111. The summed E-state index contributed by atoms with van der Waals surface area (Å²) in [4.78, 5) is 21.3. The SMILES string of the molecule is CN=C(NCc1ccc(C(=O)N2CCCCC2)cc1)N1CCOC(C2CCCO2)C1. The van der Waals surface area contributed by atoms with Crippen LogP contribution in [0.1, 0.15) is 48.0 Å². The first kappa shape index (κ1) is 21.1. The van der Waals surface area contributed by atoms with E-state index in [1.807, 2.05) is 36.2 Å². The van der Waals surface area contributed by atoms with E-state index in [1.165, 1.54) is 6.42 Å². The fourth-order valence-electron chi connectivity index (χ4n) is 4.55. The van der Waals surface area contributed by atoms with Crippen molar-refractivity contribution in [3.63, 3.8) is 0 Å². The maximum Gasteiger partial charge on any atom is 0.253 e. The molecule has 0 spiro atoms. The molecule has 0 aliphatic carbocycles. The minimum atomic E-state index is 0.111. The molecule has 1 aromatic carbocycles. The maximum absolute atomic E-state index is 12.6. The van der Waals surface area contributed by atoms with Crippen LogP contribution in [-0.2, 0) is 16.0 Å². The van der Waals surface area contributed by atoms with E-state index in [1.54, 1.807) is 0 Å². The quantitative estimate of drug-likeness (QED) is 0.605. The van der Waals surface area contributed by atoms with Gasteiger partial charge in [0.2, 0.25) is 0 Å². The highest BCUT2D eigenvalue weighted by Gasteiger charge is 2.32. The third-order valence-electron chi connectivity index (χ3n) is 6.28. The highest BCUT2D eigenvalue weighted by molar-refractivity contribution is 5.94. The molecule has 164 valence electrons. The molecule has 3 saturated heterocycles. The van der Waals surface area contributed by atoms with Gasteiger partial charge in [0.1, 0.15) is 6.10 Å². The predicted octanol–water partition coefficient (Wildman–Crippen LogP) is 2.27. The zero-order valence-electron chi connectivity index (χ0n) is 18.0. The van der Waals surface area contributed by atoms with Crippen molar-refractivity contribution in [1.82, 2.24) is 15.1 Å². The second-order valence-corrected chi connectivity index (χ2v) is 8.36. The van der Waals surface area contributed by atoms with Crippen molar-refractivity contribution in [2.75, 3.05) is 46.4 Å². The van der Waals surface area contributed by atoms with Gasteiger partial charge in [-0.1, -0.05) is 12.1 Å².